The number of hydrogen-bond acceptors (Lipinski definition) is 5. The van der Waals surface area contributed by atoms with Crippen LogP contribution in [0, 0.1) is 0 Å². The number of furan rings is 1. The zero-order valence-corrected chi connectivity index (χ0v) is 6.58. The molecule has 0 spiro atoms. The highest BCUT2D eigenvalue weighted by Gasteiger charge is 2.12. The smallest absolute Gasteiger partial charge is 0.264 e. The summed E-state index contributed by atoms with van der Waals surface area (Å²) < 4.78 is 9.58. The first-order chi connectivity index (χ1) is 5.77. The highest BCUT2D eigenvalue weighted by atomic mass is 35.5. The normalized spacial score (nSPS) is 10.4. The highest BCUT2D eigenvalue weighted by Crippen LogP contribution is 2.27. The molecule has 0 aliphatic rings. The third-order valence-electron chi connectivity index (χ3n) is 1.29. The van der Waals surface area contributed by atoms with Crippen LogP contribution in [0.25, 0.3) is 11.5 Å². The molecule has 0 aliphatic heterocycles. The average Bonchev–Trinajstić information content (AvgIpc) is 2.58. The molecular weight excluding hydrogens is 182 g/mol. The maximum atomic E-state index is 5.65. The van der Waals surface area contributed by atoms with Crippen LogP contribution in [-0.2, 0) is 0 Å². The maximum Gasteiger partial charge on any atom is 0.264 e. The van der Waals surface area contributed by atoms with Crippen molar-refractivity contribution in [3.8, 4) is 11.5 Å². The third-order valence-corrected chi connectivity index (χ3v) is 1.58. The number of halogens is 1. The van der Waals surface area contributed by atoms with Gasteiger partial charge in [0, 0.05) is 0 Å². The number of aromatic nitrogens is 2. The van der Waals surface area contributed by atoms with Gasteiger partial charge in [-0.1, -0.05) is 0 Å². The Hall–Kier alpha value is -1.49. The van der Waals surface area contributed by atoms with Crippen molar-refractivity contribution in [2.75, 3.05) is 5.73 Å². The zero-order valence-electron chi connectivity index (χ0n) is 5.82. The van der Waals surface area contributed by atoms with Crippen molar-refractivity contribution in [1.82, 2.24) is 10.1 Å². The molecule has 5 nitrogen and oxygen atoms in total. The molecule has 2 heterocycles. The van der Waals surface area contributed by atoms with E-state index in [2.05, 4.69) is 10.1 Å². The van der Waals surface area contributed by atoms with Gasteiger partial charge in [0.05, 0.1) is 11.8 Å². The van der Waals surface area contributed by atoms with E-state index in [9.17, 15) is 0 Å². The van der Waals surface area contributed by atoms with Gasteiger partial charge in [0.1, 0.15) is 0 Å². The van der Waals surface area contributed by atoms with Gasteiger partial charge < -0.3 is 14.7 Å². The van der Waals surface area contributed by atoms with E-state index < -0.39 is 0 Å². The van der Waals surface area contributed by atoms with E-state index in [-0.39, 0.29) is 17.1 Å². The Bertz CT molecular complexity index is 395. The van der Waals surface area contributed by atoms with E-state index in [1.165, 1.54) is 6.26 Å². The van der Waals surface area contributed by atoms with Crippen LogP contribution in [0.15, 0.2) is 21.3 Å². The number of nitrogen functional groups attached to an aromatic ring is 1. The van der Waals surface area contributed by atoms with Gasteiger partial charge in [0.25, 0.3) is 11.8 Å². The van der Waals surface area contributed by atoms with Crippen molar-refractivity contribution in [1.29, 1.82) is 0 Å². The van der Waals surface area contributed by atoms with Gasteiger partial charge in [-0.15, -0.1) is 0 Å². The number of nitrogens with two attached hydrogens (primary N) is 1. The molecule has 0 saturated carbocycles. The predicted octanol–water partition coefficient (Wildman–Crippen LogP) is 1.57. The minimum Gasteiger partial charge on any atom is -0.452 e. The molecule has 0 radical (unpaired) electrons. The summed E-state index contributed by atoms with van der Waals surface area (Å²) in [4.78, 5) is 3.77. The molecule has 0 aliphatic carbocycles. The fourth-order valence-corrected chi connectivity index (χ4v) is 0.986. The first-order valence-corrected chi connectivity index (χ1v) is 3.47. The van der Waals surface area contributed by atoms with E-state index in [0.29, 0.717) is 5.56 Å². The van der Waals surface area contributed by atoms with Crippen molar-refractivity contribution in [2.24, 2.45) is 0 Å². The number of anilines is 1. The molecule has 6 heteroatoms. The Morgan fingerprint density at radius 1 is 1.50 bits per heavy atom. The summed E-state index contributed by atoms with van der Waals surface area (Å²) in [6.07, 6.45) is 1.43. The fraction of sp³-hybridized carbons (Fsp3) is 0. The second-order valence-corrected chi connectivity index (χ2v) is 2.41. The van der Waals surface area contributed by atoms with Crippen LogP contribution in [0.4, 0.5) is 5.95 Å². The van der Waals surface area contributed by atoms with Gasteiger partial charge in [-0.25, -0.2) is 0 Å². The van der Waals surface area contributed by atoms with E-state index in [1.807, 2.05) is 0 Å². The van der Waals surface area contributed by atoms with E-state index >= 15 is 0 Å². The molecule has 2 rings (SSSR count). The molecule has 0 atom stereocenters. The van der Waals surface area contributed by atoms with E-state index in [4.69, 9.17) is 26.3 Å². The molecule has 12 heavy (non-hydrogen) atoms. The second kappa shape index (κ2) is 2.53. The molecular formula is C6H4ClN3O2. The third kappa shape index (κ3) is 1.04. The zero-order chi connectivity index (χ0) is 8.55. The lowest BCUT2D eigenvalue weighted by Gasteiger charge is -1.84. The van der Waals surface area contributed by atoms with E-state index in [0.717, 1.165) is 0 Å². The Morgan fingerprint density at radius 2 is 2.33 bits per heavy atom. The first-order valence-electron chi connectivity index (χ1n) is 3.10. The Morgan fingerprint density at radius 3 is 2.83 bits per heavy atom. The number of hydrogen-bond donors (Lipinski definition) is 1. The van der Waals surface area contributed by atoms with Gasteiger partial charge in [-0.2, -0.15) is 4.98 Å². The largest absolute Gasteiger partial charge is 0.452 e. The molecule has 2 N–H and O–H groups in total. The van der Waals surface area contributed by atoms with Crippen LogP contribution in [0.3, 0.4) is 0 Å². The first kappa shape index (κ1) is 7.17. The van der Waals surface area contributed by atoms with Crippen molar-refractivity contribution in [3.63, 3.8) is 0 Å². The quantitative estimate of drug-likeness (QED) is 0.730. The molecule has 0 unspecified atom stereocenters. The Kier molecular flexibility index (Phi) is 1.51. The maximum absolute atomic E-state index is 5.65. The lowest BCUT2D eigenvalue weighted by atomic mass is 10.3. The predicted molar refractivity (Wildman–Crippen MR) is 41.4 cm³/mol. The number of nitrogens with zero attached hydrogens (tertiary/aromatic N) is 2. The molecule has 0 fully saturated rings. The second-order valence-electron chi connectivity index (χ2n) is 2.07. The minimum absolute atomic E-state index is 0.0715. The van der Waals surface area contributed by atoms with Crippen LogP contribution in [0.2, 0.25) is 5.22 Å². The van der Waals surface area contributed by atoms with Gasteiger partial charge >= 0.3 is 0 Å². The summed E-state index contributed by atoms with van der Waals surface area (Å²) in [6.45, 7) is 0. The fourth-order valence-electron chi connectivity index (χ4n) is 0.790. The summed E-state index contributed by atoms with van der Waals surface area (Å²) in [5, 5.41) is 3.61. The molecule has 0 saturated heterocycles. The van der Waals surface area contributed by atoms with Crippen LogP contribution >= 0.6 is 11.6 Å². The van der Waals surface area contributed by atoms with Gasteiger partial charge in [0.15, 0.2) is 0 Å². The SMILES string of the molecule is Nc1noc(-c2ccoc2Cl)n1. The summed E-state index contributed by atoms with van der Waals surface area (Å²) >= 11 is 5.65. The van der Waals surface area contributed by atoms with Gasteiger partial charge in [0.2, 0.25) is 5.22 Å². The lowest BCUT2D eigenvalue weighted by Crippen LogP contribution is -1.85. The molecule has 62 valence electrons. The van der Waals surface area contributed by atoms with Crippen molar-refractivity contribution >= 4 is 17.5 Å². The lowest BCUT2D eigenvalue weighted by molar-refractivity contribution is 0.432. The Labute approximate surface area is 72.1 Å². The summed E-state index contributed by atoms with van der Waals surface area (Å²) in [5.41, 5.74) is 5.79. The van der Waals surface area contributed by atoms with Crippen LogP contribution in [0.1, 0.15) is 0 Å². The van der Waals surface area contributed by atoms with Crippen molar-refractivity contribution < 1.29 is 8.94 Å². The van der Waals surface area contributed by atoms with Crippen molar-refractivity contribution in [3.05, 3.63) is 17.5 Å². The van der Waals surface area contributed by atoms with Crippen LogP contribution in [0.5, 0.6) is 0 Å². The standard InChI is InChI=1S/C6H4ClN3O2/c7-4-3(1-2-11-4)5-9-6(8)10-12-5/h1-2H,(H2,8,10). The van der Waals surface area contributed by atoms with Crippen molar-refractivity contribution in [2.45, 2.75) is 0 Å². The van der Waals surface area contributed by atoms with Gasteiger partial charge in [-0.3, -0.25) is 0 Å². The minimum atomic E-state index is 0.0715. The molecule has 0 aromatic carbocycles. The van der Waals surface area contributed by atoms with Crippen LogP contribution < -0.4 is 5.73 Å². The average molecular weight is 186 g/mol. The molecule has 0 bridgehead atoms. The highest BCUT2D eigenvalue weighted by molar-refractivity contribution is 6.31. The van der Waals surface area contributed by atoms with Crippen LogP contribution in [-0.4, -0.2) is 10.1 Å². The summed E-state index contributed by atoms with van der Waals surface area (Å²) in [6, 6.07) is 1.62. The van der Waals surface area contributed by atoms with Gasteiger partial charge in [-0.05, 0) is 22.8 Å². The molecule has 2 aromatic heterocycles. The Balaban J connectivity index is 2.50. The topological polar surface area (TPSA) is 78.1 Å². The monoisotopic (exact) mass is 185 g/mol. The number of rotatable bonds is 1. The molecule has 0 amide bonds. The van der Waals surface area contributed by atoms with E-state index in [1.54, 1.807) is 6.07 Å². The molecule has 2 aromatic rings. The summed E-state index contributed by atoms with van der Waals surface area (Å²) in [7, 11) is 0. The summed E-state index contributed by atoms with van der Waals surface area (Å²) in [5.74, 6) is 0.327.